The summed E-state index contributed by atoms with van der Waals surface area (Å²) < 4.78 is 39.1. The van der Waals surface area contributed by atoms with Crippen molar-refractivity contribution in [3.63, 3.8) is 0 Å². The van der Waals surface area contributed by atoms with Crippen LogP contribution in [0.4, 0.5) is 4.39 Å². The lowest BCUT2D eigenvalue weighted by atomic mass is 10.0. The van der Waals surface area contributed by atoms with Crippen LogP contribution >= 0.6 is 0 Å². The molecule has 0 aliphatic rings. The molecule has 0 atom stereocenters. The Kier molecular flexibility index (Phi) is 5.66. The molecule has 0 bridgehead atoms. The number of carbonyl (C=O) groups is 1. The average Bonchev–Trinajstić information content (AvgIpc) is 2.67. The zero-order chi connectivity index (χ0) is 19.3. The van der Waals surface area contributed by atoms with Crippen LogP contribution in [0.15, 0.2) is 83.8 Å². The second-order valence-corrected chi connectivity index (χ2v) is 7.73. The SMILES string of the molecule is O=C(CCc1ccc(-c2ccccc2)cc1)NS(=O)(=O)c1ccc(F)cc1. The van der Waals surface area contributed by atoms with Crippen molar-refractivity contribution in [1.82, 2.24) is 4.72 Å². The lowest BCUT2D eigenvalue weighted by Gasteiger charge is -2.08. The molecule has 27 heavy (non-hydrogen) atoms. The van der Waals surface area contributed by atoms with E-state index in [-0.39, 0.29) is 11.3 Å². The van der Waals surface area contributed by atoms with Gasteiger partial charge < -0.3 is 0 Å². The number of amides is 1. The summed E-state index contributed by atoms with van der Waals surface area (Å²) >= 11 is 0. The number of benzene rings is 3. The van der Waals surface area contributed by atoms with Crippen LogP contribution in [0.5, 0.6) is 0 Å². The molecule has 0 radical (unpaired) electrons. The summed E-state index contributed by atoms with van der Waals surface area (Å²) in [5.41, 5.74) is 3.11. The first kappa shape index (κ1) is 18.8. The van der Waals surface area contributed by atoms with Gasteiger partial charge in [0.1, 0.15) is 5.82 Å². The summed E-state index contributed by atoms with van der Waals surface area (Å²) in [5.74, 6) is -1.15. The number of carbonyl (C=O) groups excluding carboxylic acids is 1. The third-order valence-electron chi connectivity index (χ3n) is 4.07. The minimum atomic E-state index is -3.99. The van der Waals surface area contributed by atoms with Crippen LogP contribution in [0.25, 0.3) is 11.1 Å². The van der Waals surface area contributed by atoms with Crippen LogP contribution in [0.1, 0.15) is 12.0 Å². The minimum Gasteiger partial charge on any atom is -0.274 e. The Bertz CT molecular complexity index is 1020. The molecule has 1 N–H and O–H groups in total. The van der Waals surface area contributed by atoms with Gasteiger partial charge in [-0.25, -0.2) is 17.5 Å². The van der Waals surface area contributed by atoms with E-state index in [1.165, 1.54) is 0 Å². The number of hydrogen-bond donors (Lipinski definition) is 1. The van der Waals surface area contributed by atoms with E-state index in [1.54, 1.807) is 0 Å². The molecular weight excluding hydrogens is 365 g/mol. The summed E-state index contributed by atoms with van der Waals surface area (Å²) in [6.45, 7) is 0. The number of aryl methyl sites for hydroxylation is 1. The highest BCUT2D eigenvalue weighted by atomic mass is 32.2. The highest BCUT2D eigenvalue weighted by Crippen LogP contribution is 2.19. The topological polar surface area (TPSA) is 63.2 Å². The lowest BCUT2D eigenvalue weighted by Crippen LogP contribution is -2.30. The molecule has 6 heteroatoms. The Morgan fingerprint density at radius 3 is 2.04 bits per heavy atom. The minimum absolute atomic E-state index is 0.0328. The van der Waals surface area contributed by atoms with Crippen LogP contribution in [-0.4, -0.2) is 14.3 Å². The molecule has 0 fully saturated rings. The van der Waals surface area contributed by atoms with Gasteiger partial charge in [0.2, 0.25) is 5.91 Å². The first-order valence-electron chi connectivity index (χ1n) is 8.40. The van der Waals surface area contributed by atoms with E-state index in [4.69, 9.17) is 0 Å². The molecule has 0 aliphatic heterocycles. The number of halogens is 1. The smallest absolute Gasteiger partial charge is 0.264 e. The molecule has 0 saturated heterocycles. The van der Waals surface area contributed by atoms with E-state index in [1.807, 2.05) is 59.3 Å². The predicted molar refractivity (Wildman–Crippen MR) is 102 cm³/mol. The van der Waals surface area contributed by atoms with Gasteiger partial charge in [-0.2, -0.15) is 0 Å². The lowest BCUT2D eigenvalue weighted by molar-refractivity contribution is -0.119. The van der Waals surface area contributed by atoms with Gasteiger partial charge in [0.05, 0.1) is 4.90 Å². The van der Waals surface area contributed by atoms with Gasteiger partial charge in [-0.1, -0.05) is 54.6 Å². The summed E-state index contributed by atoms with van der Waals surface area (Å²) in [7, 11) is -3.99. The van der Waals surface area contributed by atoms with Crippen LogP contribution in [0.2, 0.25) is 0 Å². The van der Waals surface area contributed by atoms with Crippen molar-refractivity contribution < 1.29 is 17.6 Å². The fourth-order valence-corrected chi connectivity index (χ4v) is 3.64. The third-order valence-corrected chi connectivity index (χ3v) is 5.46. The molecule has 138 valence electrons. The highest BCUT2D eigenvalue weighted by Gasteiger charge is 2.17. The quantitative estimate of drug-likeness (QED) is 0.701. The molecule has 0 unspecified atom stereocenters. The van der Waals surface area contributed by atoms with Crippen molar-refractivity contribution in [3.8, 4) is 11.1 Å². The molecule has 0 spiro atoms. The average molecular weight is 383 g/mol. The van der Waals surface area contributed by atoms with Crippen molar-refractivity contribution in [2.45, 2.75) is 17.7 Å². The van der Waals surface area contributed by atoms with Crippen molar-refractivity contribution in [2.75, 3.05) is 0 Å². The Hall–Kier alpha value is -2.99. The van der Waals surface area contributed by atoms with Gasteiger partial charge in [0.25, 0.3) is 10.0 Å². The van der Waals surface area contributed by atoms with E-state index in [9.17, 15) is 17.6 Å². The Labute approximate surface area is 157 Å². The van der Waals surface area contributed by atoms with Crippen LogP contribution in [0, 0.1) is 5.82 Å². The molecule has 0 aromatic heterocycles. The Balaban J connectivity index is 1.58. The maximum Gasteiger partial charge on any atom is 0.264 e. The van der Waals surface area contributed by atoms with Crippen molar-refractivity contribution in [3.05, 3.63) is 90.2 Å². The maximum atomic E-state index is 12.9. The molecule has 4 nitrogen and oxygen atoms in total. The molecule has 3 aromatic carbocycles. The first-order valence-corrected chi connectivity index (χ1v) is 9.88. The first-order chi connectivity index (χ1) is 12.9. The molecular formula is C21H18FNO3S. The van der Waals surface area contributed by atoms with Gasteiger partial charge in [0, 0.05) is 6.42 Å². The molecule has 0 saturated carbocycles. The number of rotatable bonds is 6. The summed E-state index contributed by atoms with van der Waals surface area (Å²) in [6, 6.07) is 22.0. The maximum absolute atomic E-state index is 12.9. The summed E-state index contributed by atoms with van der Waals surface area (Å²) in [4.78, 5) is 11.8. The Morgan fingerprint density at radius 1 is 0.815 bits per heavy atom. The Morgan fingerprint density at radius 2 is 1.41 bits per heavy atom. The van der Waals surface area contributed by atoms with Crippen LogP contribution < -0.4 is 4.72 Å². The van der Waals surface area contributed by atoms with Gasteiger partial charge >= 0.3 is 0 Å². The third kappa shape index (κ3) is 5.01. The van der Waals surface area contributed by atoms with Gasteiger partial charge in [-0.15, -0.1) is 0 Å². The van der Waals surface area contributed by atoms with Crippen molar-refractivity contribution in [1.29, 1.82) is 0 Å². The molecule has 3 rings (SSSR count). The molecule has 0 heterocycles. The fraction of sp³-hybridized carbons (Fsp3) is 0.0952. The largest absolute Gasteiger partial charge is 0.274 e. The zero-order valence-electron chi connectivity index (χ0n) is 14.4. The second kappa shape index (κ2) is 8.14. The standard InChI is InChI=1S/C21H18FNO3S/c22-19-11-13-20(14-12-19)27(25,26)23-21(24)15-8-16-6-9-18(10-7-16)17-4-2-1-3-5-17/h1-7,9-14H,8,15H2,(H,23,24). The molecule has 3 aromatic rings. The molecule has 1 amide bonds. The van der Waals surface area contributed by atoms with E-state index >= 15 is 0 Å². The zero-order valence-corrected chi connectivity index (χ0v) is 15.2. The summed E-state index contributed by atoms with van der Waals surface area (Å²) in [5, 5.41) is 0. The van der Waals surface area contributed by atoms with E-state index in [2.05, 4.69) is 0 Å². The van der Waals surface area contributed by atoms with Gasteiger partial charge in [-0.3, -0.25) is 4.79 Å². The number of hydrogen-bond acceptors (Lipinski definition) is 3. The summed E-state index contributed by atoms with van der Waals surface area (Å²) in [6.07, 6.45) is 0.449. The number of sulfonamides is 1. The van der Waals surface area contributed by atoms with Crippen molar-refractivity contribution in [2.24, 2.45) is 0 Å². The van der Waals surface area contributed by atoms with E-state index in [0.717, 1.165) is 41.0 Å². The predicted octanol–water partition coefficient (Wildman–Crippen LogP) is 3.93. The highest BCUT2D eigenvalue weighted by molar-refractivity contribution is 7.90. The van der Waals surface area contributed by atoms with Gasteiger partial charge in [-0.05, 0) is 47.4 Å². The number of nitrogens with one attached hydrogen (secondary N) is 1. The fourth-order valence-electron chi connectivity index (χ4n) is 2.63. The second-order valence-electron chi connectivity index (χ2n) is 6.05. The van der Waals surface area contributed by atoms with Crippen LogP contribution in [0.3, 0.4) is 0 Å². The monoisotopic (exact) mass is 383 g/mol. The van der Waals surface area contributed by atoms with Crippen LogP contribution in [-0.2, 0) is 21.2 Å². The van der Waals surface area contributed by atoms with Gasteiger partial charge in [0.15, 0.2) is 0 Å². The van der Waals surface area contributed by atoms with Crippen molar-refractivity contribution >= 4 is 15.9 Å². The van der Waals surface area contributed by atoms with E-state index in [0.29, 0.717) is 6.42 Å². The molecule has 0 aliphatic carbocycles. The van der Waals surface area contributed by atoms with E-state index < -0.39 is 21.7 Å². The normalized spacial score (nSPS) is 11.1.